The molecule has 5 heteroatoms. The lowest BCUT2D eigenvalue weighted by Gasteiger charge is -2.16. The fraction of sp³-hybridized carbons (Fsp3) is 0.154. The van der Waals surface area contributed by atoms with Gasteiger partial charge in [0, 0.05) is 24.9 Å². The van der Waals surface area contributed by atoms with Gasteiger partial charge in [0.05, 0.1) is 15.8 Å². The second-order valence-corrected chi connectivity index (χ2v) is 8.30. The van der Waals surface area contributed by atoms with Crippen LogP contribution < -0.4 is 4.90 Å². The van der Waals surface area contributed by atoms with Gasteiger partial charge in [-0.2, -0.15) is 5.26 Å². The quantitative estimate of drug-likeness (QED) is 0.434. The predicted octanol–water partition coefficient (Wildman–Crippen LogP) is 6.56. The molecule has 0 fully saturated rings. The molecule has 4 nitrogen and oxygen atoms in total. The molecular formula is C26H23N3OS. The van der Waals surface area contributed by atoms with Gasteiger partial charge in [-0.25, -0.2) is 4.98 Å². The summed E-state index contributed by atoms with van der Waals surface area (Å²) in [6, 6.07) is 18.7. The Bertz CT molecular complexity index is 1240. The summed E-state index contributed by atoms with van der Waals surface area (Å²) in [7, 11) is 2.08. The number of hydrogen-bond donors (Lipinski definition) is 0. The van der Waals surface area contributed by atoms with Crippen LogP contribution in [0.2, 0.25) is 0 Å². The Morgan fingerprint density at radius 1 is 1.13 bits per heavy atom. The number of thiazole rings is 1. The molecule has 0 saturated carbocycles. The van der Waals surface area contributed by atoms with Gasteiger partial charge in [-0.05, 0) is 61.9 Å². The first-order valence-corrected chi connectivity index (χ1v) is 11.0. The van der Waals surface area contributed by atoms with Crippen molar-refractivity contribution in [3.05, 3.63) is 94.4 Å². The average molecular weight is 426 g/mol. The lowest BCUT2D eigenvalue weighted by atomic mass is 10.1. The van der Waals surface area contributed by atoms with Crippen molar-refractivity contribution in [1.29, 1.82) is 5.26 Å². The Morgan fingerprint density at radius 3 is 2.61 bits per heavy atom. The summed E-state index contributed by atoms with van der Waals surface area (Å²) in [5.74, 6) is 1.43. The van der Waals surface area contributed by atoms with Gasteiger partial charge < -0.3 is 9.64 Å². The maximum Gasteiger partial charge on any atom is 0.135 e. The Kier molecular flexibility index (Phi) is 6.01. The number of hydrogen-bond acceptors (Lipinski definition) is 5. The van der Waals surface area contributed by atoms with Crippen molar-refractivity contribution in [2.45, 2.75) is 13.8 Å². The second kappa shape index (κ2) is 9.03. The number of ether oxygens (including phenoxy) is 1. The molecule has 3 aromatic rings. The van der Waals surface area contributed by atoms with E-state index in [1.54, 1.807) is 0 Å². The minimum atomic E-state index is 0.557. The number of rotatable bonds is 5. The minimum absolute atomic E-state index is 0.557. The van der Waals surface area contributed by atoms with E-state index in [0.717, 1.165) is 38.7 Å². The third-order valence-electron chi connectivity index (χ3n) is 5.09. The van der Waals surface area contributed by atoms with Crippen LogP contribution in [0.4, 0.5) is 5.69 Å². The molecule has 31 heavy (non-hydrogen) atoms. The molecule has 0 atom stereocenters. The van der Waals surface area contributed by atoms with E-state index in [4.69, 9.17) is 4.74 Å². The predicted molar refractivity (Wildman–Crippen MR) is 129 cm³/mol. The van der Waals surface area contributed by atoms with Gasteiger partial charge in [0.15, 0.2) is 0 Å². The molecule has 4 rings (SSSR count). The highest BCUT2D eigenvalue weighted by Crippen LogP contribution is 2.32. The van der Waals surface area contributed by atoms with Gasteiger partial charge in [-0.1, -0.05) is 30.3 Å². The van der Waals surface area contributed by atoms with Gasteiger partial charge in [-0.3, -0.25) is 0 Å². The Balaban J connectivity index is 1.64. The smallest absolute Gasteiger partial charge is 0.135 e. The first-order chi connectivity index (χ1) is 15.1. The summed E-state index contributed by atoms with van der Waals surface area (Å²) >= 11 is 1.53. The van der Waals surface area contributed by atoms with Gasteiger partial charge in [-0.15, -0.1) is 11.3 Å². The van der Waals surface area contributed by atoms with Crippen molar-refractivity contribution in [2.24, 2.45) is 0 Å². The van der Waals surface area contributed by atoms with Crippen LogP contribution >= 0.6 is 11.3 Å². The van der Waals surface area contributed by atoms with Crippen LogP contribution in [0.25, 0.3) is 21.9 Å². The summed E-state index contributed by atoms with van der Waals surface area (Å²) < 4.78 is 6.94. The molecule has 0 N–H and O–H groups in total. The number of nitriles is 1. The minimum Gasteiger partial charge on any atom is -0.462 e. The van der Waals surface area contributed by atoms with Crippen molar-refractivity contribution >= 4 is 38.9 Å². The van der Waals surface area contributed by atoms with Crippen molar-refractivity contribution in [1.82, 2.24) is 4.98 Å². The Labute approximate surface area is 186 Å². The standard InChI is InChI=1S/C26H23N3OS/c1-4-29(3)21-12-9-19(10-13-21)11-14-22-16-20(15-18(2)30-22)23(17-27)26-28-24-7-5-6-8-25(24)31-26/h5-16H,4H2,1-3H3/b14-11+,23-20+. The van der Waals surface area contributed by atoms with Crippen LogP contribution in [0.15, 0.2) is 83.9 Å². The molecule has 0 radical (unpaired) electrons. The van der Waals surface area contributed by atoms with Gasteiger partial charge >= 0.3 is 0 Å². The summed E-state index contributed by atoms with van der Waals surface area (Å²) in [5, 5.41) is 10.6. The van der Waals surface area contributed by atoms with Gasteiger partial charge in [0.2, 0.25) is 0 Å². The lowest BCUT2D eigenvalue weighted by molar-refractivity contribution is 0.318. The third-order valence-corrected chi connectivity index (χ3v) is 6.15. The number of aromatic nitrogens is 1. The van der Waals surface area contributed by atoms with E-state index < -0.39 is 0 Å². The zero-order valence-corrected chi connectivity index (χ0v) is 18.6. The number of benzene rings is 2. The number of fused-ring (bicyclic) bond motifs is 1. The lowest BCUT2D eigenvalue weighted by Crippen LogP contribution is -2.15. The highest BCUT2D eigenvalue weighted by Gasteiger charge is 2.15. The van der Waals surface area contributed by atoms with Crippen molar-refractivity contribution in [3.8, 4) is 6.07 Å². The van der Waals surface area contributed by atoms with Crippen molar-refractivity contribution < 1.29 is 4.74 Å². The molecule has 1 aliphatic rings. The van der Waals surface area contributed by atoms with E-state index >= 15 is 0 Å². The SMILES string of the molecule is CCN(C)c1ccc(/C=C/C2=CC(=C(\C#N)c3nc4ccccc4s3)/C=C(C)O2)cc1. The van der Waals surface area contributed by atoms with E-state index in [9.17, 15) is 5.26 Å². The molecule has 0 saturated heterocycles. The molecule has 0 aliphatic carbocycles. The number of para-hydroxylation sites is 1. The molecule has 0 unspecified atom stereocenters. The van der Waals surface area contributed by atoms with Crippen LogP contribution in [0.1, 0.15) is 24.4 Å². The van der Waals surface area contributed by atoms with Crippen LogP contribution in [-0.2, 0) is 4.74 Å². The van der Waals surface area contributed by atoms with E-state index in [0.29, 0.717) is 11.3 Å². The van der Waals surface area contributed by atoms with Crippen molar-refractivity contribution in [3.63, 3.8) is 0 Å². The monoisotopic (exact) mass is 425 g/mol. The largest absolute Gasteiger partial charge is 0.462 e. The van der Waals surface area contributed by atoms with Gasteiger partial charge in [0.25, 0.3) is 0 Å². The van der Waals surface area contributed by atoms with Crippen LogP contribution in [0.3, 0.4) is 0 Å². The zero-order valence-electron chi connectivity index (χ0n) is 17.8. The Morgan fingerprint density at radius 2 is 1.90 bits per heavy atom. The second-order valence-electron chi connectivity index (χ2n) is 7.27. The highest BCUT2D eigenvalue weighted by molar-refractivity contribution is 7.19. The highest BCUT2D eigenvalue weighted by atomic mass is 32.1. The fourth-order valence-corrected chi connectivity index (χ4v) is 4.28. The van der Waals surface area contributed by atoms with Crippen LogP contribution in [0.5, 0.6) is 0 Å². The summed E-state index contributed by atoms with van der Waals surface area (Å²) in [6.07, 6.45) is 7.73. The summed E-state index contributed by atoms with van der Waals surface area (Å²) in [5.41, 5.74) is 4.55. The van der Waals surface area contributed by atoms with E-state index in [2.05, 4.69) is 54.2 Å². The molecule has 0 bridgehead atoms. The van der Waals surface area contributed by atoms with Crippen molar-refractivity contribution in [2.75, 3.05) is 18.5 Å². The molecule has 154 valence electrons. The topological polar surface area (TPSA) is 49.2 Å². The van der Waals surface area contributed by atoms with E-state index in [1.165, 1.54) is 17.0 Å². The summed E-state index contributed by atoms with van der Waals surface area (Å²) in [6.45, 7) is 4.99. The van der Waals surface area contributed by atoms with Crippen LogP contribution in [-0.4, -0.2) is 18.6 Å². The average Bonchev–Trinajstić information content (AvgIpc) is 3.21. The fourth-order valence-electron chi connectivity index (χ4n) is 3.30. The third kappa shape index (κ3) is 4.60. The molecule has 0 amide bonds. The van der Waals surface area contributed by atoms with Crippen LogP contribution in [0, 0.1) is 11.3 Å². The summed E-state index contributed by atoms with van der Waals surface area (Å²) in [4.78, 5) is 6.84. The maximum atomic E-state index is 9.87. The van der Waals surface area contributed by atoms with E-state index in [-0.39, 0.29) is 0 Å². The molecule has 1 aromatic heterocycles. The molecular weight excluding hydrogens is 402 g/mol. The molecule has 2 aromatic carbocycles. The number of nitrogens with zero attached hydrogens (tertiary/aromatic N) is 3. The molecule has 1 aliphatic heterocycles. The number of allylic oxidation sites excluding steroid dienone is 6. The number of anilines is 1. The van der Waals surface area contributed by atoms with Gasteiger partial charge in [0.1, 0.15) is 22.6 Å². The Hall–Kier alpha value is -3.62. The zero-order chi connectivity index (χ0) is 21.8. The molecule has 0 spiro atoms. The molecule has 2 heterocycles. The first-order valence-electron chi connectivity index (χ1n) is 10.1. The normalized spacial score (nSPS) is 15.3. The maximum absolute atomic E-state index is 9.87. The van der Waals surface area contributed by atoms with E-state index in [1.807, 2.05) is 55.5 Å². The first kappa shape index (κ1) is 20.6.